The van der Waals surface area contributed by atoms with Gasteiger partial charge in [0.05, 0.1) is 26.3 Å². The van der Waals surface area contributed by atoms with Crippen molar-refractivity contribution < 1.29 is 14.4 Å². The summed E-state index contributed by atoms with van der Waals surface area (Å²) in [6, 6.07) is 0. The Balaban J connectivity index is 2.17. The second kappa shape index (κ2) is 9.34. The summed E-state index contributed by atoms with van der Waals surface area (Å²) < 4.78 is 5.32. The summed E-state index contributed by atoms with van der Waals surface area (Å²) in [5.41, 5.74) is 0. The first-order chi connectivity index (χ1) is 8.77. The highest BCUT2D eigenvalue weighted by Gasteiger charge is 2.17. The smallest absolute Gasteiger partial charge is 0.223 e. The number of carbonyl (C=O) groups is 1. The molecule has 1 rings (SSSR count). The van der Waals surface area contributed by atoms with Gasteiger partial charge in [0, 0.05) is 5.92 Å². The van der Waals surface area contributed by atoms with Gasteiger partial charge >= 0.3 is 0 Å². The summed E-state index contributed by atoms with van der Waals surface area (Å²) in [6.45, 7) is 9.99. The first-order valence-corrected chi connectivity index (χ1v) is 7.47. The second-order valence-electron chi connectivity index (χ2n) is 5.18. The fourth-order valence-corrected chi connectivity index (χ4v) is 2.52. The molecule has 0 aliphatic carbocycles. The number of nitrogens with one attached hydrogen (secondary N) is 2. The largest absolute Gasteiger partial charge is 0.370 e. The van der Waals surface area contributed by atoms with Crippen LogP contribution in [0.1, 0.15) is 39.5 Å². The molecule has 18 heavy (non-hydrogen) atoms. The summed E-state index contributed by atoms with van der Waals surface area (Å²) in [6.07, 6.45) is 4.22. The zero-order chi connectivity index (χ0) is 13.2. The minimum Gasteiger partial charge on any atom is -0.370 e. The van der Waals surface area contributed by atoms with Crippen molar-refractivity contribution in [2.24, 2.45) is 5.92 Å². The SMILES string of the molecule is CCCC(CCC)C(=O)NCC[NH+]1CCOCC1. The molecule has 106 valence electrons. The Morgan fingerprint density at radius 1 is 1.22 bits per heavy atom. The second-order valence-corrected chi connectivity index (χ2v) is 5.18. The Bertz CT molecular complexity index is 222. The Kier molecular flexibility index (Phi) is 8.01. The van der Waals surface area contributed by atoms with Crippen LogP contribution in [0.15, 0.2) is 0 Å². The summed E-state index contributed by atoms with van der Waals surface area (Å²) in [5.74, 6) is 0.478. The fourth-order valence-electron chi connectivity index (χ4n) is 2.52. The topological polar surface area (TPSA) is 42.8 Å². The highest BCUT2D eigenvalue weighted by atomic mass is 16.5. The summed E-state index contributed by atoms with van der Waals surface area (Å²) >= 11 is 0. The molecule has 0 aromatic rings. The molecule has 0 bridgehead atoms. The Morgan fingerprint density at radius 3 is 2.39 bits per heavy atom. The molecule has 2 N–H and O–H groups in total. The molecule has 0 radical (unpaired) electrons. The maximum atomic E-state index is 12.0. The minimum atomic E-state index is 0.222. The summed E-state index contributed by atoms with van der Waals surface area (Å²) in [7, 11) is 0. The normalized spacial score (nSPS) is 17.1. The predicted molar refractivity (Wildman–Crippen MR) is 72.7 cm³/mol. The van der Waals surface area contributed by atoms with E-state index in [2.05, 4.69) is 19.2 Å². The quantitative estimate of drug-likeness (QED) is 0.654. The van der Waals surface area contributed by atoms with Gasteiger partial charge in [-0.2, -0.15) is 0 Å². The van der Waals surface area contributed by atoms with Crippen LogP contribution in [0, 0.1) is 5.92 Å². The molecule has 1 amide bonds. The van der Waals surface area contributed by atoms with Gasteiger partial charge in [-0.3, -0.25) is 4.79 Å². The molecule has 1 aliphatic rings. The Labute approximate surface area is 111 Å². The van der Waals surface area contributed by atoms with E-state index in [1.54, 1.807) is 4.90 Å². The maximum Gasteiger partial charge on any atom is 0.223 e. The first kappa shape index (κ1) is 15.4. The van der Waals surface area contributed by atoms with E-state index in [4.69, 9.17) is 4.74 Å². The van der Waals surface area contributed by atoms with Gasteiger partial charge < -0.3 is 15.0 Å². The van der Waals surface area contributed by atoms with Crippen LogP contribution in [-0.4, -0.2) is 45.3 Å². The van der Waals surface area contributed by atoms with Gasteiger partial charge in [0.1, 0.15) is 13.1 Å². The number of hydrogen-bond acceptors (Lipinski definition) is 2. The van der Waals surface area contributed by atoms with Crippen molar-refractivity contribution in [1.82, 2.24) is 5.32 Å². The fraction of sp³-hybridized carbons (Fsp3) is 0.929. The average Bonchev–Trinajstić information content (AvgIpc) is 2.39. The zero-order valence-electron chi connectivity index (χ0n) is 12.0. The molecule has 0 saturated carbocycles. The molecule has 0 spiro atoms. The molecule has 0 aromatic carbocycles. The third-order valence-corrected chi connectivity index (χ3v) is 3.62. The van der Waals surface area contributed by atoms with Crippen molar-refractivity contribution in [1.29, 1.82) is 0 Å². The highest BCUT2D eigenvalue weighted by molar-refractivity contribution is 5.78. The number of quaternary nitrogens is 1. The van der Waals surface area contributed by atoms with Crippen LogP contribution in [0.2, 0.25) is 0 Å². The van der Waals surface area contributed by atoms with Gasteiger partial charge in [-0.15, -0.1) is 0 Å². The third kappa shape index (κ3) is 5.83. The molecule has 4 nitrogen and oxygen atoms in total. The average molecular weight is 257 g/mol. The Morgan fingerprint density at radius 2 is 1.83 bits per heavy atom. The number of carbonyl (C=O) groups excluding carboxylic acids is 1. The first-order valence-electron chi connectivity index (χ1n) is 7.47. The lowest BCUT2D eigenvalue weighted by atomic mass is 9.97. The van der Waals surface area contributed by atoms with Crippen molar-refractivity contribution in [3.05, 3.63) is 0 Å². The monoisotopic (exact) mass is 257 g/mol. The highest BCUT2D eigenvalue weighted by Crippen LogP contribution is 2.13. The van der Waals surface area contributed by atoms with Crippen molar-refractivity contribution in [2.75, 3.05) is 39.4 Å². The standard InChI is InChI=1S/C14H28N2O2/c1-3-5-13(6-4-2)14(17)15-7-8-16-9-11-18-12-10-16/h13H,3-12H2,1-2H3,(H,15,17)/p+1. The van der Waals surface area contributed by atoms with Gasteiger partial charge in [0.25, 0.3) is 0 Å². The van der Waals surface area contributed by atoms with Crippen LogP contribution in [-0.2, 0) is 9.53 Å². The molecule has 0 atom stereocenters. The van der Waals surface area contributed by atoms with Crippen LogP contribution in [0.4, 0.5) is 0 Å². The van der Waals surface area contributed by atoms with Crippen LogP contribution in [0.3, 0.4) is 0 Å². The van der Waals surface area contributed by atoms with E-state index in [-0.39, 0.29) is 11.8 Å². The van der Waals surface area contributed by atoms with Crippen molar-refractivity contribution in [3.63, 3.8) is 0 Å². The molecule has 1 fully saturated rings. The van der Waals surface area contributed by atoms with E-state index < -0.39 is 0 Å². The number of hydrogen-bond donors (Lipinski definition) is 2. The predicted octanol–water partition coefficient (Wildman–Crippen LogP) is 0.234. The molecular weight excluding hydrogens is 228 g/mol. The lowest BCUT2D eigenvalue weighted by molar-refractivity contribution is -0.906. The zero-order valence-corrected chi connectivity index (χ0v) is 12.0. The summed E-state index contributed by atoms with van der Waals surface area (Å²) in [5, 5.41) is 3.10. The Hall–Kier alpha value is -0.610. The number of morpholine rings is 1. The maximum absolute atomic E-state index is 12.0. The van der Waals surface area contributed by atoms with E-state index >= 15 is 0 Å². The molecule has 0 unspecified atom stereocenters. The van der Waals surface area contributed by atoms with Gasteiger partial charge in [-0.05, 0) is 12.8 Å². The number of rotatable bonds is 8. The number of ether oxygens (including phenoxy) is 1. The molecule has 1 aliphatic heterocycles. The number of amides is 1. The van der Waals surface area contributed by atoms with Crippen LogP contribution < -0.4 is 10.2 Å². The lowest BCUT2D eigenvalue weighted by Gasteiger charge is -2.24. The molecular formula is C14H29N2O2+. The van der Waals surface area contributed by atoms with Crippen LogP contribution in [0.25, 0.3) is 0 Å². The van der Waals surface area contributed by atoms with Crippen LogP contribution in [0.5, 0.6) is 0 Å². The van der Waals surface area contributed by atoms with E-state index in [0.29, 0.717) is 0 Å². The summed E-state index contributed by atoms with van der Waals surface area (Å²) in [4.78, 5) is 13.6. The molecule has 1 saturated heterocycles. The molecule has 4 heteroatoms. The van der Waals surface area contributed by atoms with Gasteiger partial charge in [0.2, 0.25) is 5.91 Å². The van der Waals surface area contributed by atoms with Gasteiger partial charge in [0.15, 0.2) is 0 Å². The third-order valence-electron chi connectivity index (χ3n) is 3.62. The van der Waals surface area contributed by atoms with Crippen LogP contribution >= 0.6 is 0 Å². The van der Waals surface area contributed by atoms with Gasteiger partial charge in [-0.1, -0.05) is 26.7 Å². The molecule has 1 heterocycles. The van der Waals surface area contributed by atoms with E-state index in [9.17, 15) is 4.79 Å². The van der Waals surface area contributed by atoms with Crippen molar-refractivity contribution in [2.45, 2.75) is 39.5 Å². The van der Waals surface area contributed by atoms with E-state index in [1.807, 2.05) is 0 Å². The molecule has 0 aromatic heterocycles. The van der Waals surface area contributed by atoms with E-state index in [1.165, 1.54) is 0 Å². The van der Waals surface area contributed by atoms with Crippen molar-refractivity contribution >= 4 is 5.91 Å². The van der Waals surface area contributed by atoms with Crippen molar-refractivity contribution in [3.8, 4) is 0 Å². The van der Waals surface area contributed by atoms with E-state index in [0.717, 1.165) is 65.1 Å². The minimum absolute atomic E-state index is 0.222. The van der Waals surface area contributed by atoms with Gasteiger partial charge in [-0.25, -0.2) is 0 Å². The lowest BCUT2D eigenvalue weighted by Crippen LogP contribution is -3.14.